The van der Waals surface area contributed by atoms with E-state index in [-0.39, 0.29) is 6.29 Å². The van der Waals surface area contributed by atoms with Gasteiger partial charge in [-0.2, -0.15) is 11.8 Å². The molecule has 0 aromatic carbocycles. The van der Waals surface area contributed by atoms with Gasteiger partial charge in [-0.1, -0.05) is 0 Å². The van der Waals surface area contributed by atoms with E-state index in [0.717, 1.165) is 36.9 Å². The van der Waals surface area contributed by atoms with Crippen LogP contribution in [-0.4, -0.2) is 25.3 Å². The third-order valence-electron chi connectivity index (χ3n) is 2.01. The molecule has 2 rings (SSSR count). The summed E-state index contributed by atoms with van der Waals surface area (Å²) >= 11 is 1.84. The van der Waals surface area contributed by atoms with Gasteiger partial charge in [-0.25, -0.2) is 0 Å². The van der Waals surface area contributed by atoms with E-state index in [4.69, 9.17) is 13.9 Å². The van der Waals surface area contributed by atoms with Crippen LogP contribution in [0.1, 0.15) is 12.2 Å². The molecule has 3 nitrogen and oxygen atoms in total. The van der Waals surface area contributed by atoms with Gasteiger partial charge in [0.1, 0.15) is 5.76 Å². The first-order chi connectivity index (χ1) is 6.95. The molecule has 1 aromatic rings. The predicted molar refractivity (Wildman–Crippen MR) is 55.2 cm³/mol. The molecule has 1 aliphatic rings. The summed E-state index contributed by atoms with van der Waals surface area (Å²) in [6, 6.07) is 3.91. The Morgan fingerprint density at radius 2 is 2.21 bits per heavy atom. The zero-order chi connectivity index (χ0) is 9.64. The summed E-state index contributed by atoms with van der Waals surface area (Å²) in [5.41, 5.74) is 0. The minimum atomic E-state index is 0.0269. The van der Waals surface area contributed by atoms with Gasteiger partial charge in [0.25, 0.3) is 0 Å². The van der Waals surface area contributed by atoms with Crippen molar-refractivity contribution in [1.82, 2.24) is 0 Å². The predicted octanol–water partition coefficient (Wildman–Crippen LogP) is 2.28. The highest BCUT2D eigenvalue weighted by molar-refractivity contribution is 7.98. The maximum Gasteiger partial charge on any atom is 0.158 e. The Labute approximate surface area is 87.8 Å². The first kappa shape index (κ1) is 10.1. The molecule has 0 bridgehead atoms. The smallest absolute Gasteiger partial charge is 0.158 e. The van der Waals surface area contributed by atoms with Crippen LogP contribution < -0.4 is 0 Å². The Morgan fingerprint density at radius 1 is 1.36 bits per heavy atom. The second-order valence-corrected chi connectivity index (χ2v) is 4.20. The molecule has 0 unspecified atom stereocenters. The first-order valence-corrected chi connectivity index (χ1v) is 5.94. The first-order valence-electron chi connectivity index (χ1n) is 4.78. The second kappa shape index (κ2) is 5.44. The lowest BCUT2D eigenvalue weighted by atomic mass is 10.5. The van der Waals surface area contributed by atoms with Gasteiger partial charge < -0.3 is 13.9 Å². The van der Waals surface area contributed by atoms with Crippen LogP contribution in [0, 0.1) is 0 Å². The van der Waals surface area contributed by atoms with Crippen LogP contribution in [0.3, 0.4) is 0 Å². The van der Waals surface area contributed by atoms with Crippen molar-refractivity contribution in [2.75, 3.05) is 19.0 Å². The summed E-state index contributed by atoms with van der Waals surface area (Å²) in [5.74, 6) is 3.01. The van der Waals surface area contributed by atoms with Crippen molar-refractivity contribution in [3.8, 4) is 0 Å². The van der Waals surface area contributed by atoms with E-state index in [1.54, 1.807) is 6.26 Å². The summed E-state index contributed by atoms with van der Waals surface area (Å²) in [7, 11) is 0. The summed E-state index contributed by atoms with van der Waals surface area (Å²) < 4.78 is 15.9. The Balaban J connectivity index is 1.55. The number of hydrogen-bond acceptors (Lipinski definition) is 4. The number of hydrogen-bond donors (Lipinski definition) is 0. The Kier molecular flexibility index (Phi) is 3.91. The highest BCUT2D eigenvalue weighted by Crippen LogP contribution is 2.16. The fourth-order valence-electron chi connectivity index (χ4n) is 1.32. The van der Waals surface area contributed by atoms with E-state index in [0.29, 0.717) is 0 Å². The van der Waals surface area contributed by atoms with Gasteiger partial charge in [-0.05, 0) is 17.9 Å². The zero-order valence-electron chi connectivity index (χ0n) is 7.98. The standard InChI is InChI=1S/C10H14O3S/c1-2-9(11-4-1)8-14-7-3-10-12-5-6-13-10/h1-2,4,10H,3,5-8H2. The molecule has 78 valence electrons. The van der Waals surface area contributed by atoms with Crippen molar-refractivity contribution < 1.29 is 13.9 Å². The molecule has 1 saturated heterocycles. The van der Waals surface area contributed by atoms with Crippen LogP contribution in [0.5, 0.6) is 0 Å². The molecule has 0 amide bonds. The van der Waals surface area contributed by atoms with E-state index < -0.39 is 0 Å². The Hall–Kier alpha value is -0.450. The fraction of sp³-hybridized carbons (Fsp3) is 0.600. The van der Waals surface area contributed by atoms with Gasteiger partial charge in [-0.15, -0.1) is 0 Å². The normalized spacial score (nSPS) is 17.7. The molecule has 0 saturated carbocycles. The monoisotopic (exact) mass is 214 g/mol. The van der Waals surface area contributed by atoms with Crippen LogP contribution in [0.15, 0.2) is 22.8 Å². The molecule has 1 fully saturated rings. The Bertz CT molecular complexity index is 242. The molecule has 0 aliphatic carbocycles. The quantitative estimate of drug-likeness (QED) is 0.704. The molecule has 0 radical (unpaired) electrons. The third kappa shape index (κ3) is 3.04. The van der Waals surface area contributed by atoms with E-state index in [2.05, 4.69) is 0 Å². The molecule has 4 heteroatoms. The van der Waals surface area contributed by atoms with Gasteiger partial charge in [0.2, 0.25) is 0 Å². The van der Waals surface area contributed by atoms with Crippen molar-refractivity contribution in [2.45, 2.75) is 18.5 Å². The number of thioether (sulfide) groups is 1. The minimum Gasteiger partial charge on any atom is -0.468 e. The molecular weight excluding hydrogens is 200 g/mol. The number of ether oxygens (including phenoxy) is 2. The van der Waals surface area contributed by atoms with Crippen LogP contribution in [0.2, 0.25) is 0 Å². The number of furan rings is 1. The van der Waals surface area contributed by atoms with Gasteiger partial charge in [0.05, 0.1) is 25.2 Å². The lowest BCUT2D eigenvalue weighted by Crippen LogP contribution is -2.08. The van der Waals surface area contributed by atoms with E-state index >= 15 is 0 Å². The van der Waals surface area contributed by atoms with E-state index in [9.17, 15) is 0 Å². The fourth-order valence-corrected chi connectivity index (χ4v) is 2.19. The van der Waals surface area contributed by atoms with Crippen molar-refractivity contribution in [3.05, 3.63) is 24.2 Å². The maximum absolute atomic E-state index is 5.33. The lowest BCUT2D eigenvalue weighted by Gasteiger charge is -2.07. The SMILES string of the molecule is c1coc(CSCCC2OCCO2)c1. The molecule has 0 N–H and O–H groups in total. The van der Waals surface area contributed by atoms with Crippen LogP contribution in [0.4, 0.5) is 0 Å². The highest BCUT2D eigenvalue weighted by Gasteiger charge is 2.14. The van der Waals surface area contributed by atoms with Crippen molar-refractivity contribution in [1.29, 1.82) is 0 Å². The van der Waals surface area contributed by atoms with Gasteiger partial charge in [-0.3, -0.25) is 0 Å². The molecule has 14 heavy (non-hydrogen) atoms. The van der Waals surface area contributed by atoms with Gasteiger partial charge >= 0.3 is 0 Å². The molecule has 2 heterocycles. The summed E-state index contributed by atoms with van der Waals surface area (Å²) in [4.78, 5) is 0. The average molecular weight is 214 g/mol. The summed E-state index contributed by atoms with van der Waals surface area (Å²) in [6.45, 7) is 1.49. The van der Waals surface area contributed by atoms with Crippen LogP contribution in [-0.2, 0) is 15.2 Å². The van der Waals surface area contributed by atoms with Gasteiger partial charge in [0.15, 0.2) is 6.29 Å². The van der Waals surface area contributed by atoms with Crippen molar-refractivity contribution in [3.63, 3.8) is 0 Å². The molecule has 0 spiro atoms. The average Bonchev–Trinajstić information content (AvgIpc) is 2.86. The second-order valence-electron chi connectivity index (χ2n) is 3.09. The molecular formula is C10H14O3S. The van der Waals surface area contributed by atoms with Crippen LogP contribution >= 0.6 is 11.8 Å². The lowest BCUT2D eigenvalue weighted by molar-refractivity contribution is -0.0421. The highest BCUT2D eigenvalue weighted by atomic mass is 32.2. The molecule has 0 atom stereocenters. The van der Waals surface area contributed by atoms with E-state index in [1.807, 2.05) is 23.9 Å². The van der Waals surface area contributed by atoms with Crippen molar-refractivity contribution in [2.24, 2.45) is 0 Å². The molecule has 1 aromatic heterocycles. The minimum absolute atomic E-state index is 0.0269. The topological polar surface area (TPSA) is 31.6 Å². The Morgan fingerprint density at radius 3 is 2.93 bits per heavy atom. The zero-order valence-corrected chi connectivity index (χ0v) is 8.79. The van der Waals surface area contributed by atoms with Crippen LogP contribution in [0.25, 0.3) is 0 Å². The van der Waals surface area contributed by atoms with Gasteiger partial charge in [0, 0.05) is 6.42 Å². The van der Waals surface area contributed by atoms with Crippen molar-refractivity contribution >= 4 is 11.8 Å². The maximum atomic E-state index is 5.33. The summed E-state index contributed by atoms with van der Waals surface area (Å²) in [5, 5.41) is 0. The largest absolute Gasteiger partial charge is 0.468 e. The number of rotatable bonds is 5. The molecule has 1 aliphatic heterocycles. The van der Waals surface area contributed by atoms with E-state index in [1.165, 1.54) is 0 Å². The third-order valence-corrected chi connectivity index (χ3v) is 3.03. The summed E-state index contributed by atoms with van der Waals surface area (Å²) in [6.07, 6.45) is 2.70.